The van der Waals surface area contributed by atoms with Crippen molar-refractivity contribution in [3.05, 3.63) is 88.7 Å². The second-order valence-corrected chi connectivity index (χ2v) is 12.8. The van der Waals surface area contributed by atoms with E-state index in [0.717, 1.165) is 28.4 Å². The average molecular weight is 630 g/mol. The second-order valence-electron chi connectivity index (χ2n) is 10.5. The standard InChI is InChI=1S/C31H37F2N5O5S/c1-4-6-10-44(41,42)20-28(37-31(40)38-19-21(3)16-36-38)30(39)43-29(18-35-17-23-9-7-8-22(5-2)11-23)27(34)14-24-12-25(32)15-26(33)13-24/h2,7-9,11-13,15-16,19,27-29,35H,4,6,10,14,17-18,20,34H2,1,3H3,(H,37,40)/t27?,28-,29-/m1/s1. The molecule has 2 aromatic carbocycles. The number of hydrogen-bond donors (Lipinski definition) is 3. The summed E-state index contributed by atoms with van der Waals surface area (Å²) in [6.07, 6.45) is 8.15. The van der Waals surface area contributed by atoms with E-state index in [1.807, 2.05) is 13.0 Å². The number of ether oxygens (including phenoxy) is 1. The summed E-state index contributed by atoms with van der Waals surface area (Å²) in [7, 11) is -3.78. The van der Waals surface area contributed by atoms with E-state index >= 15 is 0 Å². The Bertz CT molecular complexity index is 1570. The van der Waals surface area contributed by atoms with Crippen LogP contribution in [0.25, 0.3) is 0 Å². The van der Waals surface area contributed by atoms with Gasteiger partial charge in [0.25, 0.3) is 0 Å². The van der Waals surface area contributed by atoms with Crippen molar-refractivity contribution in [2.75, 3.05) is 18.1 Å². The zero-order chi connectivity index (χ0) is 32.3. The molecule has 10 nitrogen and oxygen atoms in total. The van der Waals surface area contributed by atoms with E-state index in [2.05, 4.69) is 21.7 Å². The van der Waals surface area contributed by atoms with E-state index in [1.165, 1.54) is 12.4 Å². The molecule has 1 aromatic heterocycles. The quantitative estimate of drug-likeness (QED) is 0.172. The molecule has 0 bridgehead atoms. The molecule has 4 N–H and O–H groups in total. The van der Waals surface area contributed by atoms with Gasteiger partial charge in [-0.1, -0.05) is 31.4 Å². The van der Waals surface area contributed by atoms with E-state index in [9.17, 15) is 26.8 Å². The molecule has 0 saturated carbocycles. The first-order valence-electron chi connectivity index (χ1n) is 14.1. The van der Waals surface area contributed by atoms with Crippen molar-refractivity contribution in [2.45, 2.75) is 57.8 Å². The molecule has 1 heterocycles. The van der Waals surface area contributed by atoms with E-state index in [0.29, 0.717) is 30.5 Å². The van der Waals surface area contributed by atoms with E-state index in [1.54, 1.807) is 25.1 Å². The molecule has 13 heteroatoms. The van der Waals surface area contributed by atoms with Gasteiger partial charge in [0.15, 0.2) is 9.84 Å². The molecule has 0 aliphatic rings. The number of nitrogens with one attached hydrogen (secondary N) is 2. The van der Waals surface area contributed by atoms with Crippen LogP contribution in [0, 0.1) is 30.9 Å². The number of hydrogen-bond acceptors (Lipinski definition) is 8. The summed E-state index contributed by atoms with van der Waals surface area (Å²) >= 11 is 0. The van der Waals surface area contributed by atoms with Crippen LogP contribution in [0.5, 0.6) is 0 Å². The summed E-state index contributed by atoms with van der Waals surface area (Å²) < 4.78 is 60.1. The number of esters is 1. The number of terminal acetylenes is 1. The molecule has 0 aliphatic carbocycles. The lowest BCUT2D eigenvalue weighted by atomic mass is 10.0. The highest BCUT2D eigenvalue weighted by atomic mass is 32.2. The van der Waals surface area contributed by atoms with Crippen molar-refractivity contribution in [3.63, 3.8) is 0 Å². The summed E-state index contributed by atoms with van der Waals surface area (Å²) in [5, 5.41) is 9.46. The highest BCUT2D eigenvalue weighted by Crippen LogP contribution is 2.14. The SMILES string of the molecule is C#Cc1cccc(CNC[C@@H](OC(=O)[C@@H](CS(=O)(=O)CCCC)NC(=O)n2cc(C)cn2)C(N)Cc2cc(F)cc(F)c2)c1. The normalized spacial score (nSPS) is 13.5. The van der Waals surface area contributed by atoms with Crippen molar-refractivity contribution in [2.24, 2.45) is 5.73 Å². The van der Waals surface area contributed by atoms with E-state index < -0.39 is 57.4 Å². The van der Waals surface area contributed by atoms with Gasteiger partial charge in [0, 0.05) is 37.0 Å². The molecule has 3 atom stereocenters. The summed E-state index contributed by atoms with van der Waals surface area (Å²) in [4.78, 5) is 26.3. The maximum absolute atomic E-state index is 13.9. The number of rotatable bonds is 15. The Kier molecular flexibility index (Phi) is 12.6. The van der Waals surface area contributed by atoms with Crippen molar-refractivity contribution < 1.29 is 31.5 Å². The van der Waals surface area contributed by atoms with Crippen LogP contribution in [0.15, 0.2) is 54.9 Å². The maximum atomic E-state index is 13.9. The fourth-order valence-corrected chi connectivity index (χ4v) is 6.01. The maximum Gasteiger partial charge on any atom is 0.342 e. The minimum absolute atomic E-state index is 0.00735. The molecule has 1 unspecified atom stereocenters. The van der Waals surface area contributed by atoms with Gasteiger partial charge in [-0.2, -0.15) is 9.78 Å². The van der Waals surface area contributed by atoms with Crippen molar-refractivity contribution in [1.82, 2.24) is 20.4 Å². The van der Waals surface area contributed by atoms with E-state index in [-0.39, 0.29) is 24.3 Å². The van der Waals surface area contributed by atoms with Crippen molar-refractivity contribution in [1.29, 1.82) is 0 Å². The van der Waals surface area contributed by atoms with Crippen LogP contribution >= 0.6 is 0 Å². The number of aryl methyl sites for hydroxylation is 1. The Hall–Kier alpha value is -4.12. The smallest absolute Gasteiger partial charge is 0.342 e. The van der Waals surface area contributed by atoms with Gasteiger partial charge in [-0.05, 0) is 60.7 Å². The molecule has 236 valence electrons. The average Bonchev–Trinajstić information content (AvgIpc) is 3.41. The van der Waals surface area contributed by atoms with Crippen LogP contribution < -0.4 is 16.4 Å². The van der Waals surface area contributed by atoms with Crippen LogP contribution in [0.3, 0.4) is 0 Å². The lowest BCUT2D eigenvalue weighted by Gasteiger charge is -2.27. The number of nitrogens with zero attached hydrogens (tertiary/aromatic N) is 2. The summed E-state index contributed by atoms with van der Waals surface area (Å²) in [6.45, 7) is 3.85. The van der Waals surface area contributed by atoms with Gasteiger partial charge >= 0.3 is 12.0 Å². The third kappa shape index (κ3) is 10.9. The number of carbonyl (C=O) groups excluding carboxylic acids is 2. The van der Waals surface area contributed by atoms with Crippen LogP contribution in [0.4, 0.5) is 13.6 Å². The Balaban J connectivity index is 1.83. The summed E-state index contributed by atoms with van der Waals surface area (Å²) in [6, 6.07) is 6.80. The van der Waals surface area contributed by atoms with Gasteiger partial charge in [-0.15, -0.1) is 6.42 Å². The molecule has 44 heavy (non-hydrogen) atoms. The lowest BCUT2D eigenvalue weighted by molar-refractivity contribution is -0.151. The van der Waals surface area contributed by atoms with Crippen molar-refractivity contribution >= 4 is 21.8 Å². The number of amides is 1. The predicted octanol–water partition coefficient (Wildman–Crippen LogP) is 2.86. The first kappa shape index (κ1) is 34.4. The monoisotopic (exact) mass is 629 g/mol. The predicted molar refractivity (Wildman–Crippen MR) is 162 cm³/mol. The zero-order valence-corrected chi connectivity index (χ0v) is 25.4. The Morgan fingerprint density at radius 2 is 1.89 bits per heavy atom. The zero-order valence-electron chi connectivity index (χ0n) is 24.6. The van der Waals surface area contributed by atoms with Gasteiger partial charge in [0.1, 0.15) is 23.8 Å². The highest BCUT2D eigenvalue weighted by Gasteiger charge is 2.32. The number of unbranched alkanes of at least 4 members (excludes halogenated alkanes) is 1. The van der Waals surface area contributed by atoms with Gasteiger partial charge < -0.3 is 21.1 Å². The Morgan fingerprint density at radius 3 is 2.52 bits per heavy atom. The van der Waals surface area contributed by atoms with Crippen LogP contribution in [-0.2, 0) is 32.3 Å². The first-order chi connectivity index (χ1) is 20.9. The molecular formula is C31H37F2N5O5S. The molecular weight excluding hydrogens is 592 g/mol. The van der Waals surface area contributed by atoms with Gasteiger partial charge in [-0.3, -0.25) is 0 Å². The summed E-state index contributed by atoms with van der Waals surface area (Å²) in [5.41, 5.74) is 8.83. The number of aromatic nitrogens is 2. The number of halogens is 2. The van der Waals surface area contributed by atoms with E-state index in [4.69, 9.17) is 16.9 Å². The second kappa shape index (κ2) is 16.1. The van der Waals surface area contributed by atoms with Crippen molar-refractivity contribution in [3.8, 4) is 12.3 Å². The lowest BCUT2D eigenvalue weighted by Crippen LogP contribution is -2.52. The molecule has 0 saturated heterocycles. The Morgan fingerprint density at radius 1 is 1.16 bits per heavy atom. The number of benzene rings is 2. The molecule has 1 amide bonds. The number of nitrogens with two attached hydrogens (primary N) is 1. The van der Waals surface area contributed by atoms with Crippen LogP contribution in [0.1, 0.15) is 42.0 Å². The molecule has 0 fully saturated rings. The molecule has 0 spiro atoms. The fraction of sp³-hybridized carbons (Fsp3) is 0.387. The minimum atomic E-state index is -3.78. The van der Waals surface area contributed by atoms with Crippen LogP contribution in [-0.4, -0.2) is 66.4 Å². The van der Waals surface area contributed by atoms with Gasteiger partial charge in [0.05, 0.1) is 17.7 Å². The third-order valence-electron chi connectivity index (χ3n) is 6.64. The largest absolute Gasteiger partial charge is 0.458 e. The number of sulfone groups is 1. The third-order valence-corrected chi connectivity index (χ3v) is 8.39. The summed E-state index contributed by atoms with van der Waals surface area (Å²) in [5.74, 6) is -0.959. The Labute approximate surface area is 256 Å². The molecule has 0 radical (unpaired) electrons. The van der Waals surface area contributed by atoms with Crippen LogP contribution in [0.2, 0.25) is 0 Å². The molecule has 3 rings (SSSR count). The molecule has 3 aromatic rings. The minimum Gasteiger partial charge on any atom is -0.458 e. The van der Waals surface area contributed by atoms with Gasteiger partial charge in [0.2, 0.25) is 0 Å². The first-order valence-corrected chi connectivity index (χ1v) is 15.9. The molecule has 0 aliphatic heterocycles. The fourth-order valence-electron chi connectivity index (χ4n) is 4.38. The number of carbonyl (C=O) groups is 2. The topological polar surface area (TPSA) is 145 Å². The highest BCUT2D eigenvalue weighted by molar-refractivity contribution is 7.91. The van der Waals surface area contributed by atoms with Gasteiger partial charge in [-0.25, -0.2) is 26.8 Å².